The zero-order chi connectivity index (χ0) is 25.6. The summed E-state index contributed by atoms with van der Waals surface area (Å²) in [6.45, 7) is 0.219. The van der Waals surface area contributed by atoms with Gasteiger partial charge in [0.2, 0.25) is 5.91 Å². The Kier molecular flexibility index (Phi) is 6.11. The summed E-state index contributed by atoms with van der Waals surface area (Å²) in [5.74, 6) is 0.689. The lowest BCUT2D eigenvalue weighted by Gasteiger charge is -2.18. The molecule has 186 valence electrons. The van der Waals surface area contributed by atoms with Crippen molar-refractivity contribution in [3.05, 3.63) is 53.7 Å². The van der Waals surface area contributed by atoms with Gasteiger partial charge >= 0.3 is 0 Å². The Bertz CT molecular complexity index is 1470. The van der Waals surface area contributed by atoms with Crippen molar-refractivity contribution < 1.29 is 24.2 Å². The number of nitrogens with two attached hydrogens (primary N) is 1. The Morgan fingerprint density at radius 1 is 1.14 bits per heavy atom. The number of aromatic nitrogens is 1. The number of H-pyrrole nitrogens is 1. The van der Waals surface area contributed by atoms with E-state index in [-0.39, 0.29) is 30.0 Å². The molecule has 36 heavy (non-hydrogen) atoms. The lowest BCUT2D eigenvalue weighted by atomic mass is 9.95. The number of hydrogen-bond acceptors (Lipinski definition) is 6. The second-order valence-electron chi connectivity index (χ2n) is 8.59. The van der Waals surface area contributed by atoms with Gasteiger partial charge in [-0.3, -0.25) is 9.59 Å². The molecule has 5 rings (SSSR count). The van der Waals surface area contributed by atoms with Crippen molar-refractivity contribution in [2.24, 2.45) is 5.73 Å². The molecule has 5 N–H and O–H groups in total. The first-order chi connectivity index (χ1) is 17.4. The van der Waals surface area contributed by atoms with E-state index >= 15 is 0 Å². The molecule has 4 aromatic rings. The van der Waals surface area contributed by atoms with Gasteiger partial charge in [-0.2, -0.15) is 0 Å². The zero-order valence-electron chi connectivity index (χ0n) is 19.7. The highest BCUT2D eigenvalue weighted by Crippen LogP contribution is 2.46. The van der Waals surface area contributed by atoms with Crippen LogP contribution in [-0.4, -0.2) is 55.1 Å². The minimum atomic E-state index is -0.334. The van der Waals surface area contributed by atoms with Gasteiger partial charge in [-0.15, -0.1) is 11.6 Å². The van der Waals surface area contributed by atoms with Crippen LogP contribution in [0.1, 0.15) is 22.0 Å². The number of methoxy groups -OCH3 is 2. The number of halogens is 1. The predicted octanol–water partition coefficient (Wildman–Crippen LogP) is 3.92. The maximum Gasteiger partial charge on any atom is 0.274 e. The summed E-state index contributed by atoms with van der Waals surface area (Å²) >= 11 is 6.33. The summed E-state index contributed by atoms with van der Waals surface area (Å²) in [5.41, 5.74) is 8.51. The van der Waals surface area contributed by atoms with E-state index < -0.39 is 0 Å². The number of carbonyl (C=O) groups excluding carboxylic acids is 2. The summed E-state index contributed by atoms with van der Waals surface area (Å²) in [6, 6.07) is 12.2. The number of phenols is 1. The number of phenolic OH excluding ortho intramolecular Hbond substituents is 1. The average Bonchev–Trinajstić information content (AvgIpc) is 3.48. The first-order valence-electron chi connectivity index (χ1n) is 11.3. The van der Waals surface area contributed by atoms with E-state index in [1.165, 1.54) is 0 Å². The highest BCUT2D eigenvalue weighted by Gasteiger charge is 2.35. The summed E-state index contributed by atoms with van der Waals surface area (Å²) in [6.07, 6.45) is 0. The van der Waals surface area contributed by atoms with Crippen LogP contribution in [0.4, 0.5) is 11.4 Å². The lowest BCUT2D eigenvalue weighted by Crippen LogP contribution is -2.30. The molecule has 1 atom stereocenters. The van der Waals surface area contributed by atoms with Crippen molar-refractivity contribution >= 4 is 56.5 Å². The molecule has 0 fully saturated rings. The van der Waals surface area contributed by atoms with Crippen molar-refractivity contribution in [2.75, 3.05) is 43.4 Å². The molecule has 1 aliphatic rings. The molecular weight excluding hydrogens is 484 g/mol. The standard InChI is InChI=1S/C26H25ClN4O5/c1-35-22-6-13-5-19(30-18(13)8-23(22)36-2)26(34)31-12-14(10-27)25-16-4-3-15(29-24(33)11-28)7-17(16)21(32)9-20(25)31/h3-9,14,30,32H,10-12,28H2,1-2H3,(H,29,33). The van der Waals surface area contributed by atoms with Crippen molar-refractivity contribution in [1.29, 1.82) is 0 Å². The van der Waals surface area contributed by atoms with Crippen molar-refractivity contribution in [2.45, 2.75) is 5.92 Å². The monoisotopic (exact) mass is 508 g/mol. The number of aromatic hydroxyl groups is 1. The number of aromatic amines is 1. The number of rotatable bonds is 6. The van der Waals surface area contributed by atoms with Crippen LogP contribution >= 0.6 is 11.6 Å². The van der Waals surface area contributed by atoms with Gasteiger partial charge in [0, 0.05) is 52.5 Å². The molecule has 0 bridgehead atoms. The number of fused-ring (bicyclic) bond motifs is 4. The molecule has 3 aromatic carbocycles. The summed E-state index contributed by atoms with van der Waals surface area (Å²) in [7, 11) is 3.11. The van der Waals surface area contributed by atoms with Gasteiger partial charge in [0.05, 0.1) is 26.5 Å². The number of anilines is 2. The van der Waals surface area contributed by atoms with Gasteiger partial charge in [0.25, 0.3) is 5.91 Å². The predicted molar refractivity (Wildman–Crippen MR) is 140 cm³/mol. The minimum absolute atomic E-state index is 0.00765. The van der Waals surface area contributed by atoms with E-state index in [1.807, 2.05) is 6.07 Å². The highest BCUT2D eigenvalue weighted by atomic mass is 35.5. The fourth-order valence-electron chi connectivity index (χ4n) is 4.80. The summed E-state index contributed by atoms with van der Waals surface area (Å²) < 4.78 is 10.7. The maximum absolute atomic E-state index is 13.7. The molecule has 1 unspecified atom stereocenters. The smallest absolute Gasteiger partial charge is 0.274 e. The number of ether oxygens (including phenoxy) is 2. The summed E-state index contributed by atoms with van der Waals surface area (Å²) in [5, 5.41) is 15.7. The van der Waals surface area contributed by atoms with Gasteiger partial charge in [-0.1, -0.05) is 6.07 Å². The van der Waals surface area contributed by atoms with Crippen LogP contribution in [0.5, 0.6) is 17.2 Å². The first-order valence-corrected chi connectivity index (χ1v) is 11.8. The van der Waals surface area contributed by atoms with E-state index in [4.69, 9.17) is 26.8 Å². The van der Waals surface area contributed by atoms with Crippen LogP contribution < -0.4 is 25.4 Å². The number of hydrogen-bond donors (Lipinski definition) is 4. The number of nitrogens with one attached hydrogen (secondary N) is 2. The Labute approximate surface area is 211 Å². The third-order valence-electron chi connectivity index (χ3n) is 6.49. The first kappa shape index (κ1) is 23.8. The van der Waals surface area contributed by atoms with E-state index in [0.717, 1.165) is 21.9 Å². The SMILES string of the molecule is COc1cc2cc(C(=O)N3CC(CCl)c4c3cc(O)c3cc(NC(=O)CN)ccc43)[nH]c2cc1OC. The minimum Gasteiger partial charge on any atom is -0.507 e. The van der Waals surface area contributed by atoms with Gasteiger partial charge in [0.15, 0.2) is 11.5 Å². The van der Waals surface area contributed by atoms with E-state index in [1.54, 1.807) is 55.5 Å². The molecule has 1 aromatic heterocycles. The number of carbonyl (C=O) groups is 2. The number of benzene rings is 3. The second kappa shape index (κ2) is 9.25. The average molecular weight is 509 g/mol. The van der Waals surface area contributed by atoms with Crippen LogP contribution in [0, 0.1) is 0 Å². The molecule has 2 heterocycles. The normalized spacial score (nSPS) is 14.8. The zero-order valence-corrected chi connectivity index (χ0v) is 20.5. The molecule has 0 radical (unpaired) electrons. The highest BCUT2D eigenvalue weighted by molar-refractivity contribution is 6.19. The van der Waals surface area contributed by atoms with Gasteiger partial charge in [0.1, 0.15) is 11.4 Å². The Morgan fingerprint density at radius 2 is 1.89 bits per heavy atom. The molecule has 0 spiro atoms. The quantitative estimate of drug-likeness (QED) is 0.292. The van der Waals surface area contributed by atoms with Crippen LogP contribution in [0.2, 0.25) is 0 Å². The molecule has 1 aliphatic heterocycles. The molecule has 9 nitrogen and oxygen atoms in total. The number of alkyl halides is 1. The maximum atomic E-state index is 13.7. The van der Waals surface area contributed by atoms with Crippen LogP contribution in [0.25, 0.3) is 21.7 Å². The van der Waals surface area contributed by atoms with Crippen LogP contribution in [0.3, 0.4) is 0 Å². The van der Waals surface area contributed by atoms with Crippen LogP contribution in [0.15, 0.2) is 42.5 Å². The van der Waals surface area contributed by atoms with Gasteiger partial charge < -0.3 is 35.5 Å². The van der Waals surface area contributed by atoms with Crippen molar-refractivity contribution in [3.8, 4) is 17.2 Å². The second-order valence-corrected chi connectivity index (χ2v) is 8.89. The van der Waals surface area contributed by atoms with E-state index in [0.29, 0.717) is 46.4 Å². The molecule has 0 saturated carbocycles. The third kappa shape index (κ3) is 3.86. The van der Waals surface area contributed by atoms with Crippen LogP contribution in [-0.2, 0) is 4.79 Å². The van der Waals surface area contributed by atoms with Crippen molar-refractivity contribution in [3.63, 3.8) is 0 Å². The molecule has 0 aliphatic carbocycles. The van der Waals surface area contributed by atoms with Gasteiger partial charge in [-0.25, -0.2) is 0 Å². The Balaban J connectivity index is 1.57. The Hall–Kier alpha value is -3.95. The molecular formula is C26H25ClN4O5. The Morgan fingerprint density at radius 3 is 2.58 bits per heavy atom. The van der Waals surface area contributed by atoms with E-state index in [2.05, 4.69) is 10.3 Å². The molecule has 0 saturated heterocycles. The topological polar surface area (TPSA) is 130 Å². The fourth-order valence-corrected chi connectivity index (χ4v) is 5.06. The molecule has 2 amide bonds. The number of amides is 2. The largest absolute Gasteiger partial charge is 0.507 e. The summed E-state index contributed by atoms with van der Waals surface area (Å²) in [4.78, 5) is 30.2. The van der Waals surface area contributed by atoms with E-state index in [9.17, 15) is 14.7 Å². The number of nitrogens with zero attached hydrogens (tertiary/aromatic N) is 1. The molecule has 10 heteroatoms. The fraction of sp³-hybridized carbons (Fsp3) is 0.231. The third-order valence-corrected chi connectivity index (χ3v) is 6.87. The van der Waals surface area contributed by atoms with Crippen molar-refractivity contribution in [1.82, 2.24) is 4.98 Å². The lowest BCUT2D eigenvalue weighted by molar-refractivity contribution is -0.114. The van der Waals surface area contributed by atoms with Gasteiger partial charge in [-0.05, 0) is 35.2 Å².